The molecule has 2 N–H and O–H groups in total. The van der Waals surface area contributed by atoms with Gasteiger partial charge in [0.25, 0.3) is 0 Å². The standard InChI is InChI=1S/C11H15ClO3/c1-7(13)3-4-8-5-9(12)6-10(15-2)11(8)14/h5-7,13-14H,3-4H2,1-2H3/t7-/m0/s1. The lowest BCUT2D eigenvalue weighted by molar-refractivity contribution is 0.184. The van der Waals surface area contributed by atoms with Gasteiger partial charge in [0, 0.05) is 11.1 Å². The molecule has 3 nitrogen and oxygen atoms in total. The lowest BCUT2D eigenvalue weighted by atomic mass is 10.1. The molecule has 0 amide bonds. The molecule has 84 valence electrons. The molecule has 0 saturated carbocycles. The highest BCUT2D eigenvalue weighted by Gasteiger charge is 2.10. The van der Waals surface area contributed by atoms with Crippen LogP contribution >= 0.6 is 11.6 Å². The molecule has 0 aliphatic rings. The summed E-state index contributed by atoms with van der Waals surface area (Å²) in [6, 6.07) is 3.24. The summed E-state index contributed by atoms with van der Waals surface area (Å²) >= 11 is 5.86. The predicted molar refractivity (Wildman–Crippen MR) is 59.7 cm³/mol. The maximum atomic E-state index is 9.76. The van der Waals surface area contributed by atoms with Crippen LogP contribution in [0.5, 0.6) is 11.5 Å². The molecule has 1 atom stereocenters. The summed E-state index contributed by atoms with van der Waals surface area (Å²) in [5.74, 6) is 0.464. The van der Waals surface area contributed by atoms with Crippen LogP contribution in [0.3, 0.4) is 0 Å². The van der Waals surface area contributed by atoms with Gasteiger partial charge in [0.05, 0.1) is 13.2 Å². The second-order valence-electron chi connectivity index (χ2n) is 3.50. The zero-order chi connectivity index (χ0) is 11.4. The van der Waals surface area contributed by atoms with Crippen LogP contribution in [-0.2, 0) is 6.42 Å². The number of rotatable bonds is 4. The van der Waals surface area contributed by atoms with Crippen molar-refractivity contribution >= 4 is 11.6 Å². The van der Waals surface area contributed by atoms with Gasteiger partial charge in [0.2, 0.25) is 0 Å². The fraction of sp³-hybridized carbons (Fsp3) is 0.455. The SMILES string of the molecule is COc1cc(Cl)cc(CC[C@H](C)O)c1O. The van der Waals surface area contributed by atoms with Crippen molar-refractivity contribution in [1.29, 1.82) is 0 Å². The Balaban J connectivity index is 2.91. The van der Waals surface area contributed by atoms with E-state index in [0.29, 0.717) is 29.2 Å². The summed E-state index contributed by atoms with van der Waals surface area (Å²) < 4.78 is 4.98. The van der Waals surface area contributed by atoms with E-state index in [4.69, 9.17) is 21.4 Å². The van der Waals surface area contributed by atoms with Crippen LogP contribution in [0.1, 0.15) is 18.9 Å². The predicted octanol–water partition coefficient (Wildman–Crippen LogP) is 2.37. The summed E-state index contributed by atoms with van der Waals surface area (Å²) in [6.07, 6.45) is 0.756. The quantitative estimate of drug-likeness (QED) is 0.835. The van der Waals surface area contributed by atoms with E-state index in [1.165, 1.54) is 7.11 Å². The summed E-state index contributed by atoms with van der Waals surface area (Å²) in [5.41, 5.74) is 0.695. The Morgan fingerprint density at radius 2 is 2.13 bits per heavy atom. The third-order valence-electron chi connectivity index (χ3n) is 2.17. The van der Waals surface area contributed by atoms with Crippen LogP contribution in [0, 0.1) is 0 Å². The van der Waals surface area contributed by atoms with Crippen molar-refractivity contribution in [3.63, 3.8) is 0 Å². The molecule has 0 spiro atoms. The molecule has 1 aromatic rings. The summed E-state index contributed by atoms with van der Waals surface area (Å²) in [4.78, 5) is 0. The first-order chi connectivity index (χ1) is 7.04. The number of ether oxygens (including phenoxy) is 1. The Labute approximate surface area is 94.3 Å². The number of aliphatic hydroxyl groups is 1. The third-order valence-corrected chi connectivity index (χ3v) is 2.39. The van der Waals surface area contributed by atoms with Crippen LogP contribution in [0.2, 0.25) is 5.02 Å². The highest BCUT2D eigenvalue weighted by molar-refractivity contribution is 6.30. The van der Waals surface area contributed by atoms with E-state index in [9.17, 15) is 5.11 Å². The van der Waals surface area contributed by atoms with Crippen LogP contribution in [0.15, 0.2) is 12.1 Å². The van der Waals surface area contributed by atoms with Gasteiger partial charge < -0.3 is 14.9 Å². The number of phenols is 1. The van der Waals surface area contributed by atoms with Crippen molar-refractivity contribution in [2.24, 2.45) is 0 Å². The highest BCUT2D eigenvalue weighted by Crippen LogP contribution is 2.34. The molecular weight excluding hydrogens is 216 g/mol. The first-order valence-electron chi connectivity index (χ1n) is 4.78. The van der Waals surface area contributed by atoms with Crippen molar-refractivity contribution in [3.8, 4) is 11.5 Å². The summed E-state index contributed by atoms with van der Waals surface area (Å²) in [7, 11) is 1.48. The largest absolute Gasteiger partial charge is 0.504 e. The number of halogens is 1. The molecule has 1 rings (SSSR count). The Bertz CT molecular complexity index is 337. The van der Waals surface area contributed by atoms with Gasteiger partial charge in [-0.3, -0.25) is 0 Å². The van der Waals surface area contributed by atoms with Gasteiger partial charge in [-0.2, -0.15) is 0 Å². The number of methoxy groups -OCH3 is 1. The minimum absolute atomic E-state index is 0.0996. The smallest absolute Gasteiger partial charge is 0.162 e. The maximum absolute atomic E-state index is 9.76. The molecule has 0 unspecified atom stereocenters. The van der Waals surface area contributed by atoms with E-state index in [1.807, 2.05) is 0 Å². The van der Waals surface area contributed by atoms with Crippen molar-refractivity contribution in [1.82, 2.24) is 0 Å². The monoisotopic (exact) mass is 230 g/mol. The van der Waals surface area contributed by atoms with E-state index < -0.39 is 6.10 Å². The van der Waals surface area contributed by atoms with E-state index in [0.717, 1.165) is 0 Å². The Kier molecular flexibility index (Phi) is 4.24. The van der Waals surface area contributed by atoms with Crippen molar-refractivity contribution in [3.05, 3.63) is 22.7 Å². The van der Waals surface area contributed by atoms with Crippen molar-refractivity contribution in [2.75, 3.05) is 7.11 Å². The van der Waals surface area contributed by atoms with E-state index in [-0.39, 0.29) is 5.75 Å². The van der Waals surface area contributed by atoms with Crippen LogP contribution in [0.4, 0.5) is 0 Å². The van der Waals surface area contributed by atoms with Gasteiger partial charge in [0.1, 0.15) is 0 Å². The number of benzene rings is 1. The fourth-order valence-corrected chi connectivity index (χ4v) is 1.57. The van der Waals surface area contributed by atoms with Gasteiger partial charge in [0.15, 0.2) is 11.5 Å². The highest BCUT2D eigenvalue weighted by atomic mass is 35.5. The zero-order valence-corrected chi connectivity index (χ0v) is 9.58. The van der Waals surface area contributed by atoms with Gasteiger partial charge in [-0.25, -0.2) is 0 Å². The molecule has 4 heteroatoms. The zero-order valence-electron chi connectivity index (χ0n) is 8.83. The van der Waals surface area contributed by atoms with E-state index >= 15 is 0 Å². The van der Waals surface area contributed by atoms with Crippen molar-refractivity contribution in [2.45, 2.75) is 25.9 Å². The third kappa shape index (κ3) is 3.29. The average molecular weight is 231 g/mol. The summed E-state index contributed by atoms with van der Waals surface area (Å²) in [6.45, 7) is 1.71. The topological polar surface area (TPSA) is 49.7 Å². The normalized spacial score (nSPS) is 12.5. The van der Waals surface area contributed by atoms with E-state index in [1.54, 1.807) is 19.1 Å². The van der Waals surface area contributed by atoms with E-state index in [2.05, 4.69) is 0 Å². The second-order valence-corrected chi connectivity index (χ2v) is 3.94. The maximum Gasteiger partial charge on any atom is 0.162 e. The van der Waals surface area contributed by atoms with Gasteiger partial charge in [-0.05, 0) is 31.4 Å². The van der Waals surface area contributed by atoms with Crippen LogP contribution < -0.4 is 4.74 Å². The molecule has 0 saturated heterocycles. The molecule has 0 aliphatic heterocycles. The molecule has 0 fully saturated rings. The molecule has 0 radical (unpaired) electrons. The molecule has 0 aliphatic carbocycles. The van der Waals surface area contributed by atoms with Gasteiger partial charge in [-0.15, -0.1) is 0 Å². The van der Waals surface area contributed by atoms with Crippen LogP contribution in [0.25, 0.3) is 0 Å². The minimum Gasteiger partial charge on any atom is -0.504 e. The number of hydrogen-bond acceptors (Lipinski definition) is 3. The number of aryl methyl sites for hydroxylation is 1. The molecule has 0 aromatic heterocycles. The number of hydrogen-bond donors (Lipinski definition) is 2. The average Bonchev–Trinajstić information content (AvgIpc) is 2.18. The number of aromatic hydroxyl groups is 1. The lowest BCUT2D eigenvalue weighted by Gasteiger charge is -2.10. The fourth-order valence-electron chi connectivity index (χ4n) is 1.34. The summed E-state index contributed by atoms with van der Waals surface area (Å²) in [5, 5.41) is 19.4. The van der Waals surface area contributed by atoms with Gasteiger partial charge in [-0.1, -0.05) is 11.6 Å². The Hall–Kier alpha value is -0.930. The van der Waals surface area contributed by atoms with Crippen molar-refractivity contribution < 1.29 is 14.9 Å². The molecule has 1 aromatic carbocycles. The molecule has 15 heavy (non-hydrogen) atoms. The molecule has 0 bridgehead atoms. The Morgan fingerprint density at radius 1 is 1.47 bits per heavy atom. The van der Waals surface area contributed by atoms with Gasteiger partial charge >= 0.3 is 0 Å². The second kappa shape index (κ2) is 5.24. The first-order valence-corrected chi connectivity index (χ1v) is 5.15. The Morgan fingerprint density at radius 3 is 2.67 bits per heavy atom. The number of aliphatic hydroxyl groups excluding tert-OH is 1. The minimum atomic E-state index is -0.394. The van der Waals surface area contributed by atoms with Crippen LogP contribution in [-0.4, -0.2) is 23.4 Å². The molecular formula is C11H15ClO3. The first kappa shape index (κ1) is 12.1. The lowest BCUT2D eigenvalue weighted by Crippen LogP contribution is -2.02. The molecule has 0 heterocycles. The number of phenolic OH excluding ortho intramolecular Hbond substituents is 1.